The minimum absolute atomic E-state index is 1.06. The van der Waals surface area contributed by atoms with Gasteiger partial charge in [-0.2, -0.15) is 0 Å². The summed E-state index contributed by atoms with van der Waals surface area (Å²) in [4.78, 5) is 0. The van der Waals surface area contributed by atoms with Crippen LogP contribution < -0.4 is 10.4 Å². The molecule has 0 saturated carbocycles. The molecule has 2 rings (SSSR count). The van der Waals surface area contributed by atoms with Crippen LogP contribution in [0.3, 0.4) is 0 Å². The van der Waals surface area contributed by atoms with Gasteiger partial charge in [0, 0.05) is 3.58 Å². The van der Waals surface area contributed by atoms with Crippen molar-refractivity contribution >= 4 is 32.2 Å². The summed E-state index contributed by atoms with van der Waals surface area (Å²) in [6.45, 7) is 0. The van der Waals surface area contributed by atoms with Crippen molar-refractivity contribution < 1.29 is 0 Å². The van der Waals surface area contributed by atoms with Crippen molar-refractivity contribution in [2.45, 2.75) is 6.42 Å². The summed E-state index contributed by atoms with van der Waals surface area (Å²) in [7, 11) is 0. The first-order chi connectivity index (χ1) is 5.88. The third-order valence-corrected chi connectivity index (χ3v) is 2.98. The second-order valence-corrected chi connectivity index (χ2v) is 4.09. The van der Waals surface area contributed by atoms with Crippen LogP contribution in [-0.2, 0) is 0 Å². The molecule has 12 heavy (non-hydrogen) atoms. The first-order valence-electron chi connectivity index (χ1n) is 3.98. The summed E-state index contributed by atoms with van der Waals surface area (Å²) in [6.07, 6.45) is 7.56. The molecule has 1 aliphatic rings. The lowest BCUT2D eigenvalue weighted by atomic mass is 10.2. The molecule has 0 N–H and O–H groups in total. The molecule has 0 saturated heterocycles. The second-order valence-electron chi connectivity index (χ2n) is 2.79. The number of fused-ring (bicyclic) bond motifs is 1. The summed E-state index contributed by atoms with van der Waals surface area (Å²) in [5.41, 5.74) is 0. The van der Waals surface area contributed by atoms with Gasteiger partial charge in [-0.15, -0.1) is 0 Å². The van der Waals surface area contributed by atoms with Crippen LogP contribution in [0.15, 0.2) is 36.4 Å². The van der Waals surface area contributed by atoms with Crippen molar-refractivity contribution in [1.29, 1.82) is 0 Å². The Bertz CT molecular complexity index is 427. The Hall–Kier alpha value is -0.570. The van der Waals surface area contributed by atoms with E-state index in [0.29, 0.717) is 0 Å². The van der Waals surface area contributed by atoms with Gasteiger partial charge in [0.1, 0.15) is 0 Å². The number of allylic oxidation sites excluding steroid dienone is 2. The van der Waals surface area contributed by atoms with Gasteiger partial charge < -0.3 is 0 Å². The molecule has 0 unspecified atom stereocenters. The van der Waals surface area contributed by atoms with Gasteiger partial charge in [0.15, 0.2) is 0 Å². The molecule has 0 aliphatic heterocycles. The fraction of sp³-hybridized carbons (Fsp3) is 0.0909. The van der Waals surface area contributed by atoms with Crippen molar-refractivity contribution in [2.24, 2.45) is 0 Å². The summed E-state index contributed by atoms with van der Waals surface area (Å²) in [6, 6.07) is 8.51. The zero-order chi connectivity index (χ0) is 8.39. The van der Waals surface area contributed by atoms with Crippen LogP contribution in [0, 0.1) is 0 Å². The van der Waals surface area contributed by atoms with E-state index in [1.54, 1.807) is 0 Å². The molecule has 0 atom stereocenters. The Morgan fingerprint density at radius 2 is 2.00 bits per heavy atom. The molecule has 1 aromatic carbocycles. The molecule has 0 radical (unpaired) electrons. The average molecular weight is 268 g/mol. The van der Waals surface area contributed by atoms with E-state index >= 15 is 0 Å². The Morgan fingerprint density at radius 1 is 1.17 bits per heavy atom. The van der Waals surface area contributed by atoms with Crippen molar-refractivity contribution in [2.75, 3.05) is 0 Å². The first kappa shape index (κ1) is 8.05. The smallest absolute Gasteiger partial charge is 0.00221 e. The lowest BCUT2D eigenvalue weighted by Crippen LogP contribution is -2.24. The van der Waals surface area contributed by atoms with Crippen LogP contribution in [0.5, 0.6) is 0 Å². The van der Waals surface area contributed by atoms with E-state index in [0.717, 1.165) is 6.42 Å². The summed E-state index contributed by atoms with van der Waals surface area (Å²) in [5, 5.41) is 2.71. The predicted molar refractivity (Wildman–Crippen MR) is 61.3 cm³/mol. The monoisotopic (exact) mass is 268 g/mol. The standard InChI is InChI=1S/C11H9I/c12-11-8-4-2-6-9-5-1-3-7-10(9)11/h1-7H,8H2. The maximum Gasteiger partial charge on any atom is 0.00221 e. The van der Waals surface area contributed by atoms with Crippen LogP contribution in [0.25, 0.3) is 9.66 Å². The SMILES string of the molecule is IC1=c2ccccc2=CC=CC1. The topological polar surface area (TPSA) is 0 Å². The third kappa shape index (κ3) is 1.46. The highest BCUT2D eigenvalue weighted by molar-refractivity contribution is 14.1. The van der Waals surface area contributed by atoms with E-state index in [1.165, 1.54) is 14.0 Å². The molecular formula is C11H9I. The number of hydrogen-bond donors (Lipinski definition) is 0. The summed E-state index contributed by atoms with van der Waals surface area (Å²) in [5.74, 6) is 0. The molecule has 0 aromatic heterocycles. The van der Waals surface area contributed by atoms with Gasteiger partial charge in [-0.25, -0.2) is 0 Å². The summed E-state index contributed by atoms with van der Waals surface area (Å²) >= 11 is 2.42. The van der Waals surface area contributed by atoms with Crippen LogP contribution in [-0.4, -0.2) is 0 Å². The van der Waals surface area contributed by atoms with E-state index in [4.69, 9.17) is 0 Å². The highest BCUT2D eigenvalue weighted by Gasteiger charge is 1.94. The van der Waals surface area contributed by atoms with Gasteiger partial charge in [-0.3, -0.25) is 0 Å². The number of hydrogen-bond acceptors (Lipinski definition) is 0. The second kappa shape index (κ2) is 3.44. The van der Waals surface area contributed by atoms with Gasteiger partial charge in [0.2, 0.25) is 0 Å². The van der Waals surface area contributed by atoms with Gasteiger partial charge >= 0.3 is 0 Å². The highest BCUT2D eigenvalue weighted by Crippen LogP contribution is 2.11. The lowest BCUT2D eigenvalue weighted by Gasteiger charge is -1.92. The van der Waals surface area contributed by atoms with Gasteiger partial charge in [-0.05, 0) is 39.4 Å². The fourth-order valence-corrected chi connectivity index (χ4v) is 2.09. The molecule has 1 aliphatic carbocycles. The molecule has 0 amide bonds. The maximum absolute atomic E-state index is 2.42. The molecule has 0 fully saturated rings. The fourth-order valence-electron chi connectivity index (χ4n) is 1.34. The van der Waals surface area contributed by atoms with E-state index < -0.39 is 0 Å². The number of benzene rings is 1. The van der Waals surface area contributed by atoms with E-state index in [2.05, 4.69) is 65.1 Å². The molecular weight excluding hydrogens is 259 g/mol. The maximum atomic E-state index is 2.42. The van der Waals surface area contributed by atoms with Gasteiger partial charge in [0.05, 0.1) is 0 Å². The van der Waals surface area contributed by atoms with Crippen molar-refractivity contribution in [3.63, 3.8) is 0 Å². The van der Waals surface area contributed by atoms with Crippen LogP contribution >= 0.6 is 22.6 Å². The van der Waals surface area contributed by atoms with Crippen molar-refractivity contribution in [1.82, 2.24) is 0 Å². The van der Waals surface area contributed by atoms with Gasteiger partial charge in [-0.1, -0.05) is 42.5 Å². The Morgan fingerprint density at radius 3 is 2.92 bits per heavy atom. The van der Waals surface area contributed by atoms with Crippen molar-refractivity contribution in [3.8, 4) is 0 Å². The molecule has 60 valence electrons. The van der Waals surface area contributed by atoms with E-state index in [1.807, 2.05) is 0 Å². The zero-order valence-electron chi connectivity index (χ0n) is 6.63. The minimum atomic E-state index is 1.06. The average Bonchev–Trinajstić information content (AvgIpc) is 2.29. The predicted octanol–water partition coefficient (Wildman–Crippen LogP) is 1.97. The van der Waals surface area contributed by atoms with Gasteiger partial charge in [0.25, 0.3) is 0 Å². The normalized spacial score (nSPS) is 14.9. The van der Waals surface area contributed by atoms with Crippen LogP contribution in [0.2, 0.25) is 0 Å². The highest BCUT2D eigenvalue weighted by atomic mass is 127. The Kier molecular flexibility index (Phi) is 2.30. The lowest BCUT2D eigenvalue weighted by molar-refractivity contribution is 1.44. The van der Waals surface area contributed by atoms with E-state index in [9.17, 15) is 0 Å². The first-order valence-corrected chi connectivity index (χ1v) is 5.06. The quantitative estimate of drug-likeness (QED) is 0.631. The van der Waals surface area contributed by atoms with Crippen LogP contribution in [0.1, 0.15) is 6.42 Å². The largest absolute Gasteiger partial charge is 0.0796 e. The molecule has 1 aromatic rings. The minimum Gasteiger partial charge on any atom is -0.0796 e. The third-order valence-electron chi connectivity index (χ3n) is 1.96. The number of halogens is 1. The van der Waals surface area contributed by atoms with Crippen LogP contribution in [0.4, 0.5) is 0 Å². The molecule has 1 heteroatoms. The molecule has 0 bridgehead atoms. The van der Waals surface area contributed by atoms with Crippen molar-refractivity contribution in [3.05, 3.63) is 46.9 Å². The molecule has 0 heterocycles. The molecule has 0 nitrogen and oxygen atoms in total. The van der Waals surface area contributed by atoms with E-state index in [-0.39, 0.29) is 0 Å². The molecule has 0 spiro atoms. The Labute approximate surface area is 85.4 Å². The Balaban J connectivity index is 2.88. The number of rotatable bonds is 0. The summed E-state index contributed by atoms with van der Waals surface area (Å²) < 4.78 is 1.42. The zero-order valence-corrected chi connectivity index (χ0v) is 8.78.